The smallest absolute Gasteiger partial charge is 0.343 e. The van der Waals surface area contributed by atoms with Gasteiger partial charge in [0.05, 0.1) is 11.7 Å². The highest BCUT2D eigenvalue weighted by Crippen LogP contribution is 2.26. The Hall–Kier alpha value is -2.91. The summed E-state index contributed by atoms with van der Waals surface area (Å²) in [5.41, 5.74) is 5.03. The molecule has 0 aromatic heterocycles. The maximum atomic E-state index is 12.9. The van der Waals surface area contributed by atoms with Crippen molar-refractivity contribution in [3.63, 3.8) is 0 Å². The number of aryl methyl sites for hydroxylation is 1. The van der Waals surface area contributed by atoms with Gasteiger partial charge >= 0.3 is 5.97 Å². The van der Waals surface area contributed by atoms with Crippen LogP contribution < -0.4 is 4.74 Å². The number of esters is 1. The van der Waals surface area contributed by atoms with Crippen LogP contribution in [0.4, 0.5) is 0 Å². The molecule has 210 valence electrons. The zero-order chi connectivity index (χ0) is 27.7. The molecule has 0 saturated carbocycles. The number of ether oxygens (including phenoxy) is 2. The van der Waals surface area contributed by atoms with Crippen LogP contribution in [0.3, 0.4) is 0 Å². The quantitative estimate of drug-likeness (QED) is 0.0935. The second kappa shape index (κ2) is 17.6. The third-order valence-electron chi connectivity index (χ3n) is 7.38. The van der Waals surface area contributed by atoms with Crippen molar-refractivity contribution in [1.29, 1.82) is 0 Å². The number of hydrogen-bond acceptors (Lipinski definition) is 3. The summed E-state index contributed by atoms with van der Waals surface area (Å²) in [7, 11) is 0. The number of carbonyl (C=O) groups is 1. The Morgan fingerprint density at radius 1 is 0.667 bits per heavy atom. The predicted octanol–water partition coefficient (Wildman–Crippen LogP) is 10.5. The number of carbonyl (C=O) groups excluding carboxylic acids is 1. The number of para-hydroxylation sites is 1. The monoisotopic (exact) mass is 528 g/mol. The Morgan fingerprint density at radius 2 is 1.23 bits per heavy atom. The fourth-order valence-electron chi connectivity index (χ4n) is 4.91. The molecule has 3 aromatic carbocycles. The van der Waals surface area contributed by atoms with Crippen molar-refractivity contribution in [3.8, 4) is 16.9 Å². The van der Waals surface area contributed by atoms with E-state index >= 15 is 0 Å². The molecule has 0 N–H and O–H groups in total. The van der Waals surface area contributed by atoms with Gasteiger partial charge in [-0.1, -0.05) is 126 Å². The maximum Gasteiger partial charge on any atom is 0.343 e. The van der Waals surface area contributed by atoms with E-state index in [-0.39, 0.29) is 12.1 Å². The molecule has 0 fully saturated rings. The lowest BCUT2D eigenvalue weighted by atomic mass is 10.0. The van der Waals surface area contributed by atoms with Crippen molar-refractivity contribution in [1.82, 2.24) is 0 Å². The molecule has 0 radical (unpaired) electrons. The highest BCUT2D eigenvalue weighted by atomic mass is 16.5. The van der Waals surface area contributed by atoms with Gasteiger partial charge in [0.2, 0.25) is 0 Å². The third-order valence-corrected chi connectivity index (χ3v) is 7.38. The van der Waals surface area contributed by atoms with Crippen molar-refractivity contribution in [3.05, 3.63) is 89.5 Å². The molecule has 3 aromatic rings. The topological polar surface area (TPSA) is 35.5 Å². The summed E-state index contributed by atoms with van der Waals surface area (Å²) < 4.78 is 11.7. The molecule has 3 nitrogen and oxygen atoms in total. The summed E-state index contributed by atoms with van der Waals surface area (Å²) in [5, 5.41) is 0. The Bertz CT molecular complexity index is 1090. The Kier molecular flexibility index (Phi) is 13.8. The predicted molar refractivity (Wildman–Crippen MR) is 163 cm³/mol. The van der Waals surface area contributed by atoms with E-state index in [9.17, 15) is 4.79 Å². The number of rotatable bonds is 18. The van der Waals surface area contributed by atoms with Crippen LogP contribution in [-0.2, 0) is 11.2 Å². The average Bonchev–Trinajstić information content (AvgIpc) is 2.97. The van der Waals surface area contributed by atoms with Gasteiger partial charge in [-0.15, -0.1) is 0 Å². The van der Waals surface area contributed by atoms with Crippen LogP contribution in [0.2, 0.25) is 0 Å². The Balaban J connectivity index is 1.47. The average molecular weight is 529 g/mol. The zero-order valence-electron chi connectivity index (χ0n) is 24.4. The van der Waals surface area contributed by atoms with Crippen molar-refractivity contribution in [2.24, 2.45) is 0 Å². The molecule has 0 saturated heterocycles. The van der Waals surface area contributed by atoms with Crippen molar-refractivity contribution >= 4 is 5.97 Å². The highest BCUT2D eigenvalue weighted by molar-refractivity contribution is 5.91. The second-order valence-electron chi connectivity index (χ2n) is 10.6. The summed E-state index contributed by atoms with van der Waals surface area (Å²) >= 11 is 0. The van der Waals surface area contributed by atoms with Crippen molar-refractivity contribution in [2.45, 2.75) is 104 Å². The molecular formula is C36H48O3. The first-order valence-electron chi connectivity index (χ1n) is 15.2. The summed E-state index contributed by atoms with van der Waals surface area (Å²) in [5.74, 6) is 0.367. The van der Waals surface area contributed by atoms with E-state index in [0.717, 1.165) is 42.6 Å². The van der Waals surface area contributed by atoms with Crippen molar-refractivity contribution in [2.75, 3.05) is 6.61 Å². The van der Waals surface area contributed by atoms with Crippen LogP contribution in [0, 0.1) is 0 Å². The Morgan fingerprint density at radius 3 is 1.85 bits per heavy atom. The van der Waals surface area contributed by atoms with E-state index in [4.69, 9.17) is 9.47 Å². The lowest BCUT2D eigenvalue weighted by Crippen LogP contribution is -2.09. The number of benzene rings is 3. The molecule has 0 bridgehead atoms. The first-order valence-corrected chi connectivity index (χ1v) is 15.2. The zero-order valence-corrected chi connectivity index (χ0v) is 24.4. The third kappa shape index (κ3) is 10.6. The lowest BCUT2D eigenvalue weighted by molar-refractivity contribution is 0.0662. The molecule has 39 heavy (non-hydrogen) atoms. The minimum absolute atomic E-state index is 0.0872. The van der Waals surface area contributed by atoms with Gasteiger partial charge in [0.15, 0.2) is 0 Å². The van der Waals surface area contributed by atoms with E-state index in [2.05, 4.69) is 51.1 Å². The molecule has 0 amide bonds. The standard InChI is InChI=1S/C36H48O3/c1-4-6-7-8-9-10-11-12-13-14-17-33-18-15-16-19-35(33)39-36(37)34-26-24-32(25-27-34)31-22-20-30(21-23-31)29(3)38-28-5-2/h15-16,18-27,29H,4-14,17,28H2,1-3H3. The van der Waals surface area contributed by atoms with Gasteiger partial charge < -0.3 is 9.47 Å². The molecule has 0 spiro atoms. The van der Waals surface area contributed by atoms with Gasteiger partial charge in [-0.2, -0.15) is 0 Å². The van der Waals surface area contributed by atoms with Gasteiger partial charge in [-0.05, 0) is 66.6 Å². The van der Waals surface area contributed by atoms with Gasteiger partial charge in [-0.25, -0.2) is 4.79 Å². The minimum Gasteiger partial charge on any atom is -0.423 e. The fourth-order valence-corrected chi connectivity index (χ4v) is 4.91. The van der Waals surface area contributed by atoms with Gasteiger partial charge in [-0.3, -0.25) is 0 Å². The van der Waals surface area contributed by atoms with E-state index in [1.165, 1.54) is 63.4 Å². The molecule has 0 aliphatic carbocycles. The molecule has 3 heteroatoms. The van der Waals surface area contributed by atoms with Crippen LogP contribution in [0.5, 0.6) is 5.75 Å². The first kappa shape index (κ1) is 30.6. The molecule has 1 unspecified atom stereocenters. The molecule has 3 rings (SSSR count). The molecule has 0 aliphatic heterocycles. The molecule has 1 atom stereocenters. The van der Waals surface area contributed by atoms with Crippen molar-refractivity contribution < 1.29 is 14.3 Å². The summed E-state index contributed by atoms with van der Waals surface area (Å²) in [4.78, 5) is 12.9. The number of hydrogen-bond donors (Lipinski definition) is 0. The summed E-state index contributed by atoms with van der Waals surface area (Å²) in [6.45, 7) is 7.24. The first-order chi connectivity index (χ1) is 19.1. The minimum atomic E-state index is -0.311. The lowest BCUT2D eigenvalue weighted by Gasteiger charge is -2.13. The van der Waals surface area contributed by atoms with E-state index < -0.39 is 0 Å². The second-order valence-corrected chi connectivity index (χ2v) is 10.6. The SMILES string of the molecule is CCCCCCCCCCCCc1ccccc1OC(=O)c1ccc(-c2ccc(C(C)OCCC)cc2)cc1. The van der Waals surface area contributed by atoms with Crippen LogP contribution >= 0.6 is 0 Å². The van der Waals surface area contributed by atoms with Crippen LogP contribution in [0.25, 0.3) is 11.1 Å². The van der Waals surface area contributed by atoms with Crippen LogP contribution in [-0.4, -0.2) is 12.6 Å². The van der Waals surface area contributed by atoms with E-state index in [0.29, 0.717) is 11.3 Å². The van der Waals surface area contributed by atoms with Gasteiger partial charge in [0.25, 0.3) is 0 Å². The largest absolute Gasteiger partial charge is 0.423 e. The molecule has 0 heterocycles. The van der Waals surface area contributed by atoms with E-state index in [1.54, 1.807) is 0 Å². The highest BCUT2D eigenvalue weighted by Gasteiger charge is 2.12. The molecular weight excluding hydrogens is 480 g/mol. The number of unbranched alkanes of at least 4 members (excludes halogenated alkanes) is 9. The van der Waals surface area contributed by atoms with Crippen LogP contribution in [0.1, 0.15) is 119 Å². The van der Waals surface area contributed by atoms with Gasteiger partial charge in [0.1, 0.15) is 5.75 Å². The Labute approximate surface area is 237 Å². The van der Waals surface area contributed by atoms with Gasteiger partial charge in [0, 0.05) is 6.61 Å². The maximum absolute atomic E-state index is 12.9. The normalized spacial score (nSPS) is 11.9. The molecule has 0 aliphatic rings. The summed E-state index contributed by atoms with van der Waals surface area (Å²) in [6, 6.07) is 24.1. The van der Waals surface area contributed by atoms with E-state index in [1.807, 2.05) is 42.5 Å². The van der Waals surface area contributed by atoms with Crippen LogP contribution in [0.15, 0.2) is 72.8 Å². The summed E-state index contributed by atoms with van der Waals surface area (Å²) in [6.07, 6.45) is 15.2. The fraction of sp³-hybridized carbons (Fsp3) is 0.472.